The minimum absolute atomic E-state index is 0.0565. The monoisotopic (exact) mass is 395 g/mol. The van der Waals surface area contributed by atoms with Gasteiger partial charge < -0.3 is 9.84 Å². The zero-order valence-electron chi connectivity index (χ0n) is 14.6. The molecular formula is C19H14ClN5O3. The Morgan fingerprint density at radius 2 is 2.11 bits per heavy atom. The molecule has 0 aliphatic rings. The van der Waals surface area contributed by atoms with Crippen LogP contribution in [-0.2, 0) is 0 Å². The van der Waals surface area contributed by atoms with Crippen LogP contribution in [0.15, 0.2) is 52.4 Å². The van der Waals surface area contributed by atoms with Crippen LogP contribution in [0, 0.1) is 11.3 Å². The predicted molar refractivity (Wildman–Crippen MR) is 106 cm³/mol. The van der Waals surface area contributed by atoms with E-state index in [0.717, 1.165) is 0 Å². The highest BCUT2D eigenvalue weighted by molar-refractivity contribution is 6.33. The lowest BCUT2D eigenvalue weighted by Gasteiger charge is -2.07. The Bertz CT molecular complexity index is 1140. The molecule has 0 saturated heterocycles. The first-order valence-corrected chi connectivity index (χ1v) is 8.36. The number of nitriles is 1. The van der Waals surface area contributed by atoms with Crippen LogP contribution in [0.5, 0.6) is 11.5 Å². The van der Waals surface area contributed by atoms with E-state index in [9.17, 15) is 15.2 Å². The number of aromatic nitrogens is 2. The number of nitrogens with zero attached hydrogens (tertiary/aromatic N) is 3. The second-order valence-corrected chi connectivity index (χ2v) is 5.94. The van der Waals surface area contributed by atoms with Crippen molar-refractivity contribution >= 4 is 23.8 Å². The predicted octanol–water partition coefficient (Wildman–Crippen LogP) is 3.12. The van der Waals surface area contributed by atoms with Crippen LogP contribution in [-0.4, -0.2) is 28.4 Å². The van der Waals surface area contributed by atoms with E-state index >= 15 is 0 Å². The van der Waals surface area contributed by atoms with Gasteiger partial charge in [-0.25, -0.2) is 10.4 Å². The van der Waals surface area contributed by atoms with Gasteiger partial charge in [-0.3, -0.25) is 9.78 Å². The Labute approximate surface area is 164 Å². The molecule has 3 N–H and O–H groups in total. The summed E-state index contributed by atoms with van der Waals surface area (Å²) in [5.41, 5.74) is 3.28. The van der Waals surface area contributed by atoms with Crippen LogP contribution in [0.1, 0.15) is 11.1 Å². The Morgan fingerprint density at radius 1 is 1.36 bits per heavy atom. The van der Waals surface area contributed by atoms with Crippen molar-refractivity contribution in [1.82, 2.24) is 9.97 Å². The van der Waals surface area contributed by atoms with E-state index in [1.807, 2.05) is 12.1 Å². The third kappa shape index (κ3) is 3.95. The van der Waals surface area contributed by atoms with Gasteiger partial charge in [-0.15, -0.1) is 0 Å². The molecule has 0 aliphatic carbocycles. The van der Waals surface area contributed by atoms with Crippen LogP contribution >= 0.6 is 11.6 Å². The topological polar surface area (TPSA) is 123 Å². The lowest BCUT2D eigenvalue weighted by atomic mass is 10.1. The Kier molecular flexibility index (Phi) is 5.58. The molecule has 0 unspecified atom stereocenters. The molecule has 0 atom stereocenters. The van der Waals surface area contributed by atoms with Gasteiger partial charge >= 0.3 is 0 Å². The first kappa shape index (κ1) is 18.9. The van der Waals surface area contributed by atoms with Gasteiger partial charge in [0, 0.05) is 17.2 Å². The van der Waals surface area contributed by atoms with Crippen molar-refractivity contribution in [2.24, 2.45) is 5.10 Å². The molecule has 140 valence electrons. The number of H-pyrrole nitrogens is 1. The van der Waals surface area contributed by atoms with Gasteiger partial charge in [-0.1, -0.05) is 41.9 Å². The summed E-state index contributed by atoms with van der Waals surface area (Å²) in [6.45, 7) is 0. The highest BCUT2D eigenvalue weighted by atomic mass is 35.5. The van der Waals surface area contributed by atoms with Crippen LogP contribution in [0.25, 0.3) is 11.3 Å². The third-order valence-electron chi connectivity index (χ3n) is 3.75. The molecule has 9 heteroatoms. The van der Waals surface area contributed by atoms with E-state index < -0.39 is 5.56 Å². The molecule has 0 spiro atoms. The molecule has 0 bridgehead atoms. The van der Waals surface area contributed by atoms with E-state index in [0.29, 0.717) is 11.1 Å². The fraction of sp³-hybridized carbons (Fsp3) is 0.0526. The molecule has 0 fully saturated rings. The first-order chi connectivity index (χ1) is 13.5. The molecule has 3 aromatic rings. The van der Waals surface area contributed by atoms with Gasteiger partial charge in [0.25, 0.3) is 5.56 Å². The lowest BCUT2D eigenvalue weighted by Crippen LogP contribution is -2.16. The Balaban J connectivity index is 1.92. The van der Waals surface area contributed by atoms with Crippen molar-refractivity contribution in [1.29, 1.82) is 5.26 Å². The number of nitrogens with one attached hydrogen (secondary N) is 2. The maximum absolute atomic E-state index is 12.2. The fourth-order valence-electron chi connectivity index (χ4n) is 2.42. The van der Waals surface area contributed by atoms with Crippen LogP contribution in [0.2, 0.25) is 5.02 Å². The molecule has 1 aromatic heterocycles. The quantitative estimate of drug-likeness (QED) is 0.450. The van der Waals surface area contributed by atoms with Gasteiger partial charge in [0.05, 0.1) is 24.0 Å². The number of benzene rings is 2. The maximum atomic E-state index is 12.2. The van der Waals surface area contributed by atoms with Crippen molar-refractivity contribution in [2.45, 2.75) is 0 Å². The molecule has 1 heterocycles. The van der Waals surface area contributed by atoms with Crippen molar-refractivity contribution in [2.75, 3.05) is 12.5 Å². The number of rotatable bonds is 5. The molecular weight excluding hydrogens is 382 g/mol. The molecule has 0 radical (unpaired) electrons. The van der Waals surface area contributed by atoms with E-state index in [4.69, 9.17) is 16.3 Å². The minimum Gasteiger partial charge on any atom is -0.504 e. The molecule has 0 amide bonds. The zero-order chi connectivity index (χ0) is 20.1. The number of hydrogen-bond acceptors (Lipinski definition) is 7. The summed E-state index contributed by atoms with van der Waals surface area (Å²) in [7, 11) is 1.42. The van der Waals surface area contributed by atoms with Gasteiger partial charge in [-0.05, 0) is 6.07 Å². The number of phenolic OH excluding ortho intramolecular Hbond substituents is 1. The molecule has 0 saturated carbocycles. The summed E-state index contributed by atoms with van der Waals surface area (Å²) in [6, 6.07) is 13.6. The second-order valence-electron chi connectivity index (χ2n) is 5.53. The van der Waals surface area contributed by atoms with Crippen molar-refractivity contribution in [3.8, 4) is 28.8 Å². The standard InChI is InChI=1S/C19H14ClN5O3/c1-28-16-7-12(14(20)8-15(16)26)10-22-25-19-23-17(11-5-3-2-4-6-11)13(9-21)18(27)24-19/h2-8,10,26H,1H3,(H2,23,24,25,27). The minimum atomic E-state index is -0.585. The highest BCUT2D eigenvalue weighted by Crippen LogP contribution is 2.31. The molecule has 8 nitrogen and oxygen atoms in total. The smallest absolute Gasteiger partial charge is 0.270 e. The summed E-state index contributed by atoms with van der Waals surface area (Å²) in [6.07, 6.45) is 1.38. The van der Waals surface area contributed by atoms with Crippen molar-refractivity contribution in [3.05, 3.63) is 69.0 Å². The molecule has 3 rings (SSSR count). The van der Waals surface area contributed by atoms with Crippen molar-refractivity contribution < 1.29 is 9.84 Å². The highest BCUT2D eigenvalue weighted by Gasteiger charge is 2.13. The van der Waals surface area contributed by atoms with Gasteiger partial charge in [0.2, 0.25) is 5.95 Å². The zero-order valence-corrected chi connectivity index (χ0v) is 15.4. The second kappa shape index (κ2) is 8.24. The molecule has 2 aromatic carbocycles. The lowest BCUT2D eigenvalue weighted by molar-refractivity contribution is 0.373. The van der Waals surface area contributed by atoms with E-state index in [-0.39, 0.29) is 33.7 Å². The first-order valence-electron chi connectivity index (χ1n) is 7.99. The average molecular weight is 396 g/mol. The summed E-state index contributed by atoms with van der Waals surface area (Å²) in [5, 5.41) is 23.2. The summed E-state index contributed by atoms with van der Waals surface area (Å²) in [4.78, 5) is 18.9. The maximum Gasteiger partial charge on any atom is 0.270 e. The summed E-state index contributed by atoms with van der Waals surface area (Å²) >= 11 is 6.07. The van der Waals surface area contributed by atoms with E-state index in [1.54, 1.807) is 24.3 Å². The van der Waals surface area contributed by atoms with Crippen LogP contribution in [0.3, 0.4) is 0 Å². The van der Waals surface area contributed by atoms with Gasteiger partial charge in [0.15, 0.2) is 11.5 Å². The Hall–Kier alpha value is -3.83. The number of halogens is 1. The number of aromatic hydroxyl groups is 1. The van der Waals surface area contributed by atoms with Crippen LogP contribution in [0.4, 0.5) is 5.95 Å². The number of hydrogen-bond donors (Lipinski definition) is 3. The Morgan fingerprint density at radius 3 is 2.79 bits per heavy atom. The number of phenols is 1. The van der Waals surface area contributed by atoms with Gasteiger partial charge in [-0.2, -0.15) is 10.4 Å². The normalized spacial score (nSPS) is 10.6. The van der Waals surface area contributed by atoms with E-state index in [1.165, 1.54) is 25.5 Å². The number of methoxy groups -OCH3 is 1. The number of hydrazone groups is 1. The van der Waals surface area contributed by atoms with E-state index in [2.05, 4.69) is 20.5 Å². The number of anilines is 1. The molecule has 0 aliphatic heterocycles. The SMILES string of the molecule is COc1cc(C=NNc2nc(-c3ccccc3)c(C#N)c(=O)[nH]2)c(Cl)cc1O. The number of ether oxygens (including phenoxy) is 1. The number of aromatic amines is 1. The fourth-order valence-corrected chi connectivity index (χ4v) is 2.63. The van der Waals surface area contributed by atoms with Crippen LogP contribution < -0.4 is 15.7 Å². The third-order valence-corrected chi connectivity index (χ3v) is 4.08. The van der Waals surface area contributed by atoms with Crippen molar-refractivity contribution in [3.63, 3.8) is 0 Å². The largest absolute Gasteiger partial charge is 0.504 e. The summed E-state index contributed by atoms with van der Waals surface area (Å²) in [5.74, 6) is 0.200. The van der Waals surface area contributed by atoms with Gasteiger partial charge in [0.1, 0.15) is 11.6 Å². The average Bonchev–Trinajstić information content (AvgIpc) is 2.70. The molecule has 28 heavy (non-hydrogen) atoms. The summed E-state index contributed by atoms with van der Waals surface area (Å²) < 4.78 is 5.03.